The highest BCUT2D eigenvalue weighted by Crippen LogP contribution is 2.56. The first-order chi connectivity index (χ1) is 21.8. The van der Waals surface area contributed by atoms with Crippen molar-refractivity contribution in [3.8, 4) is 22.9 Å². The van der Waals surface area contributed by atoms with Crippen molar-refractivity contribution < 1.29 is 89.2 Å². The van der Waals surface area contributed by atoms with Gasteiger partial charge in [-0.3, -0.25) is 0 Å². The number of hydrogen-bond donors (Lipinski definition) is 0. The van der Waals surface area contributed by atoms with E-state index in [1.165, 1.54) is 18.5 Å². The van der Waals surface area contributed by atoms with Gasteiger partial charge in [0.25, 0.3) is 0 Å². The second-order valence-corrected chi connectivity index (χ2v) is 9.82. The quantitative estimate of drug-likeness (QED) is 0.106. The van der Waals surface area contributed by atoms with Crippen LogP contribution in [0.4, 0.5) is 70.2 Å². The average molecular weight is 732 g/mol. The Labute approximate surface area is 260 Å². The lowest BCUT2D eigenvalue weighted by Crippen LogP contribution is -2.64. The summed E-state index contributed by atoms with van der Waals surface area (Å²) in [7, 11) is 0. The molecular formula is C26H24F16N2O4. The van der Waals surface area contributed by atoms with Gasteiger partial charge in [0.15, 0.2) is 23.9 Å². The molecule has 0 aliphatic carbocycles. The van der Waals surface area contributed by atoms with E-state index in [0.29, 0.717) is 12.8 Å². The standard InChI is InChI=1S/C26H24F16N2O4/c1-2-3-4-5-7-16(27)13-45-18-12-15(19-43-10-6-11-44-19)8-9-17(18)46-14-20(28,29)47-25(39,40)26(41,42)48-24(37,38)22(32,33)21(30,31)23(34,35)36/h6,8-12,16H,2-5,7,13-14H2,1H3. The van der Waals surface area contributed by atoms with E-state index in [4.69, 9.17) is 4.74 Å². The van der Waals surface area contributed by atoms with E-state index >= 15 is 0 Å². The highest BCUT2D eigenvalue weighted by molar-refractivity contribution is 5.60. The molecule has 2 rings (SSSR count). The summed E-state index contributed by atoms with van der Waals surface area (Å²) in [5.41, 5.74) is 0.108. The van der Waals surface area contributed by atoms with Gasteiger partial charge in [-0.2, -0.15) is 65.9 Å². The first kappa shape index (κ1) is 40.9. The Morgan fingerprint density at radius 3 is 1.81 bits per heavy atom. The fourth-order valence-electron chi connectivity index (χ4n) is 3.47. The molecule has 274 valence electrons. The maximum absolute atomic E-state index is 14.4. The van der Waals surface area contributed by atoms with Gasteiger partial charge in [-0.15, -0.1) is 0 Å². The smallest absolute Gasteiger partial charge is 0.460 e. The molecule has 1 aromatic heterocycles. The van der Waals surface area contributed by atoms with Crippen molar-refractivity contribution >= 4 is 0 Å². The molecule has 0 N–H and O–H groups in total. The van der Waals surface area contributed by atoms with Crippen LogP contribution >= 0.6 is 0 Å². The Kier molecular flexibility index (Phi) is 12.8. The van der Waals surface area contributed by atoms with Crippen LogP contribution < -0.4 is 9.47 Å². The number of benzene rings is 1. The first-order valence-corrected chi connectivity index (χ1v) is 13.4. The van der Waals surface area contributed by atoms with Crippen molar-refractivity contribution in [1.29, 1.82) is 0 Å². The number of rotatable bonds is 19. The number of halogens is 16. The summed E-state index contributed by atoms with van der Waals surface area (Å²) in [5, 5.41) is 0. The van der Waals surface area contributed by atoms with Crippen LogP contribution in [0, 0.1) is 0 Å². The van der Waals surface area contributed by atoms with Gasteiger partial charge < -0.3 is 9.47 Å². The Bertz CT molecular complexity index is 1310. The molecule has 0 spiro atoms. The van der Waals surface area contributed by atoms with Crippen LogP contribution in [0.3, 0.4) is 0 Å². The highest BCUT2D eigenvalue weighted by atomic mass is 19.4. The zero-order valence-electron chi connectivity index (χ0n) is 24.1. The van der Waals surface area contributed by atoms with Gasteiger partial charge in [0.1, 0.15) is 12.8 Å². The number of nitrogens with zero attached hydrogens (tertiary/aromatic N) is 2. The molecular weight excluding hydrogens is 708 g/mol. The lowest BCUT2D eigenvalue weighted by molar-refractivity contribution is -0.542. The second-order valence-electron chi connectivity index (χ2n) is 9.82. The zero-order valence-corrected chi connectivity index (χ0v) is 24.1. The number of hydrogen-bond acceptors (Lipinski definition) is 6. The fourth-order valence-corrected chi connectivity index (χ4v) is 3.47. The van der Waals surface area contributed by atoms with Gasteiger partial charge in [-0.05, 0) is 30.7 Å². The summed E-state index contributed by atoms with van der Waals surface area (Å²) in [6.07, 6.45) is -31.8. The van der Waals surface area contributed by atoms with E-state index in [1.807, 2.05) is 6.92 Å². The van der Waals surface area contributed by atoms with Crippen molar-refractivity contribution in [2.75, 3.05) is 13.2 Å². The van der Waals surface area contributed by atoms with Crippen LogP contribution in [0.5, 0.6) is 11.5 Å². The first-order valence-electron chi connectivity index (χ1n) is 13.4. The predicted molar refractivity (Wildman–Crippen MR) is 130 cm³/mol. The van der Waals surface area contributed by atoms with Crippen LogP contribution in [-0.2, 0) is 9.47 Å². The Morgan fingerprint density at radius 2 is 1.25 bits per heavy atom. The Morgan fingerprint density at radius 1 is 0.667 bits per heavy atom. The van der Waals surface area contributed by atoms with Gasteiger partial charge in [0.2, 0.25) is 0 Å². The van der Waals surface area contributed by atoms with E-state index in [0.717, 1.165) is 31.0 Å². The molecule has 0 saturated heterocycles. The van der Waals surface area contributed by atoms with Crippen molar-refractivity contribution in [3.05, 3.63) is 36.7 Å². The van der Waals surface area contributed by atoms with Gasteiger partial charge in [0.05, 0.1) is 0 Å². The minimum absolute atomic E-state index is 0.00772. The molecule has 0 amide bonds. The number of ether oxygens (including phenoxy) is 4. The van der Waals surface area contributed by atoms with Gasteiger partial charge in [-0.1, -0.05) is 32.6 Å². The lowest BCUT2D eigenvalue weighted by atomic mass is 10.1. The van der Waals surface area contributed by atoms with Crippen molar-refractivity contribution in [2.24, 2.45) is 0 Å². The Hall–Kier alpha value is -3.30. The molecule has 0 radical (unpaired) electrons. The normalized spacial score (nSPS) is 14.6. The van der Waals surface area contributed by atoms with Crippen LogP contribution in [0.25, 0.3) is 11.4 Å². The van der Waals surface area contributed by atoms with E-state index in [9.17, 15) is 70.2 Å². The average Bonchev–Trinajstić information content (AvgIpc) is 2.96. The molecule has 0 bridgehead atoms. The van der Waals surface area contributed by atoms with Crippen LogP contribution in [-0.4, -0.2) is 71.8 Å². The van der Waals surface area contributed by atoms with Crippen LogP contribution in [0.15, 0.2) is 36.7 Å². The van der Waals surface area contributed by atoms with Crippen LogP contribution in [0.1, 0.15) is 39.0 Å². The summed E-state index contributed by atoms with van der Waals surface area (Å²) in [5.74, 6) is -17.2. The third kappa shape index (κ3) is 9.88. The van der Waals surface area contributed by atoms with Gasteiger partial charge >= 0.3 is 42.5 Å². The van der Waals surface area contributed by atoms with Crippen LogP contribution in [0.2, 0.25) is 0 Å². The Balaban J connectivity index is 2.24. The summed E-state index contributed by atoms with van der Waals surface area (Å²) >= 11 is 0. The van der Waals surface area contributed by atoms with Gasteiger partial charge in [-0.25, -0.2) is 23.8 Å². The largest absolute Gasteiger partial charge is 0.487 e. The van der Waals surface area contributed by atoms with E-state index in [1.54, 1.807) is 4.74 Å². The summed E-state index contributed by atoms with van der Waals surface area (Å²) < 4.78 is 227. The monoisotopic (exact) mass is 732 g/mol. The SMILES string of the molecule is CCCCCCC(F)COc1cc(-c2ncccn2)ccc1OCC(F)(F)OC(F)(F)C(F)(F)OC(F)(F)C(F)(F)C(F)(F)C(F)(F)F. The topological polar surface area (TPSA) is 62.7 Å². The number of alkyl halides is 16. The van der Waals surface area contributed by atoms with Crippen molar-refractivity contribution in [2.45, 2.75) is 87.7 Å². The molecule has 48 heavy (non-hydrogen) atoms. The molecule has 0 saturated carbocycles. The van der Waals surface area contributed by atoms with Gasteiger partial charge in [0, 0.05) is 18.0 Å². The van der Waals surface area contributed by atoms with E-state index in [-0.39, 0.29) is 17.8 Å². The maximum Gasteiger partial charge on any atom is 0.460 e. The summed E-state index contributed by atoms with van der Waals surface area (Å²) in [6.45, 7) is -1.31. The maximum atomic E-state index is 14.4. The number of aromatic nitrogens is 2. The molecule has 1 atom stereocenters. The molecule has 1 unspecified atom stereocenters. The molecule has 2 aromatic rings. The molecule has 1 aromatic carbocycles. The third-order valence-electron chi connectivity index (χ3n) is 5.94. The molecule has 22 heteroatoms. The number of unbranched alkanes of at least 4 members (excludes halogenated alkanes) is 3. The van der Waals surface area contributed by atoms with Crippen molar-refractivity contribution in [1.82, 2.24) is 9.97 Å². The highest BCUT2D eigenvalue weighted by Gasteiger charge is 2.85. The van der Waals surface area contributed by atoms with E-state index in [2.05, 4.69) is 19.4 Å². The van der Waals surface area contributed by atoms with Crippen molar-refractivity contribution in [3.63, 3.8) is 0 Å². The van der Waals surface area contributed by atoms with E-state index < -0.39 is 73.3 Å². The minimum atomic E-state index is -7.97. The summed E-state index contributed by atoms with van der Waals surface area (Å²) in [6, 6.07) is 4.35. The fraction of sp³-hybridized carbons (Fsp3) is 0.615. The molecule has 0 aliphatic rings. The second kappa shape index (κ2) is 15.1. The lowest BCUT2D eigenvalue weighted by Gasteiger charge is -2.36. The zero-order chi connectivity index (χ0) is 36.8. The molecule has 0 fully saturated rings. The molecule has 6 nitrogen and oxygen atoms in total. The summed E-state index contributed by atoms with van der Waals surface area (Å²) in [4.78, 5) is 7.80. The molecule has 1 heterocycles. The minimum Gasteiger partial charge on any atom is -0.487 e. The molecule has 0 aliphatic heterocycles. The third-order valence-corrected chi connectivity index (χ3v) is 5.94. The predicted octanol–water partition coefficient (Wildman–Crippen LogP) is 9.45.